The number of hydrogen-bond acceptors (Lipinski definition) is 7. The van der Waals surface area contributed by atoms with Crippen LogP contribution in [0, 0.1) is 5.41 Å². The third-order valence-electron chi connectivity index (χ3n) is 6.72. The van der Waals surface area contributed by atoms with E-state index in [-0.39, 0.29) is 42.3 Å². The van der Waals surface area contributed by atoms with E-state index in [1.54, 1.807) is 20.8 Å². The Labute approximate surface area is 200 Å². The molecule has 1 unspecified atom stereocenters. The lowest BCUT2D eigenvalue weighted by Crippen LogP contribution is -2.55. The minimum atomic E-state index is -2.10. The van der Waals surface area contributed by atoms with Crippen molar-refractivity contribution < 1.29 is 33.3 Å². The van der Waals surface area contributed by atoms with Gasteiger partial charge in [-0.3, -0.25) is 9.59 Å². The second kappa shape index (κ2) is 10.2. The van der Waals surface area contributed by atoms with E-state index < -0.39 is 31.7 Å². The minimum Gasteiger partial charge on any atom is -0.466 e. The molecule has 2 aliphatic rings. The fraction of sp³-hybridized carbons (Fsp3) is 0.840. The first-order valence-electron chi connectivity index (χ1n) is 12.1. The fourth-order valence-corrected chi connectivity index (χ4v) is 5.12. The molecular formula is C25H44O7Si. The molecule has 7 nitrogen and oxygen atoms in total. The number of rotatable bonds is 7. The first-order valence-corrected chi connectivity index (χ1v) is 15.0. The third-order valence-corrected chi connectivity index (χ3v) is 11.3. The summed E-state index contributed by atoms with van der Waals surface area (Å²) in [6.07, 6.45) is 2.07. The minimum absolute atomic E-state index is 0.0200. The molecule has 8 heteroatoms. The van der Waals surface area contributed by atoms with Gasteiger partial charge >= 0.3 is 5.97 Å². The van der Waals surface area contributed by atoms with E-state index in [2.05, 4.69) is 33.9 Å². The van der Waals surface area contributed by atoms with Gasteiger partial charge in [-0.15, -0.1) is 0 Å². The Balaban J connectivity index is 2.26. The van der Waals surface area contributed by atoms with Crippen LogP contribution in [0.4, 0.5) is 0 Å². The molecule has 2 heterocycles. The van der Waals surface area contributed by atoms with Crippen LogP contribution in [0.15, 0.2) is 11.8 Å². The molecule has 33 heavy (non-hydrogen) atoms. The molecule has 2 aliphatic heterocycles. The number of ketones is 1. The van der Waals surface area contributed by atoms with Crippen molar-refractivity contribution in [1.29, 1.82) is 0 Å². The quantitative estimate of drug-likeness (QED) is 0.407. The highest BCUT2D eigenvalue weighted by Crippen LogP contribution is 2.44. The highest BCUT2D eigenvalue weighted by atomic mass is 28.4. The van der Waals surface area contributed by atoms with Gasteiger partial charge in [-0.1, -0.05) is 27.7 Å². The average Bonchev–Trinajstić information content (AvgIpc) is 2.62. The predicted molar refractivity (Wildman–Crippen MR) is 129 cm³/mol. The standard InChI is InChI=1S/C25H44O7Si/c1-10-17(26)11-19-12-18(27)14-25(30-19)15-20(32-33(8,9)24(5,6)7)13-21(31-25)16-29-22(28)23(2,3)4/h12,17,20-21,26H,10-11,13-16H2,1-9H3/t17?,20-,21-,25-/m1/s1. The Morgan fingerprint density at radius 1 is 1.27 bits per heavy atom. The van der Waals surface area contributed by atoms with E-state index >= 15 is 0 Å². The van der Waals surface area contributed by atoms with Crippen LogP contribution in [-0.4, -0.2) is 55.9 Å². The van der Waals surface area contributed by atoms with Crippen molar-refractivity contribution in [2.45, 2.75) is 123 Å². The first kappa shape index (κ1) is 28.0. The van der Waals surface area contributed by atoms with Gasteiger partial charge < -0.3 is 23.7 Å². The summed E-state index contributed by atoms with van der Waals surface area (Å²) >= 11 is 0. The van der Waals surface area contributed by atoms with Crippen molar-refractivity contribution in [2.24, 2.45) is 5.41 Å². The maximum absolute atomic E-state index is 12.6. The van der Waals surface area contributed by atoms with Crippen LogP contribution >= 0.6 is 0 Å². The number of aliphatic hydroxyl groups excluding tert-OH is 1. The fourth-order valence-electron chi connectivity index (χ4n) is 3.75. The number of ether oxygens (including phenoxy) is 3. The molecule has 0 radical (unpaired) electrons. The predicted octanol–water partition coefficient (Wildman–Crippen LogP) is 4.88. The van der Waals surface area contributed by atoms with Crippen LogP contribution in [0.2, 0.25) is 18.1 Å². The number of hydrogen-bond donors (Lipinski definition) is 1. The number of carbonyl (C=O) groups is 2. The Bertz CT molecular complexity index is 747. The summed E-state index contributed by atoms with van der Waals surface area (Å²) in [6, 6.07) is 0. The number of allylic oxidation sites excluding steroid dienone is 1. The van der Waals surface area contributed by atoms with E-state index in [0.29, 0.717) is 25.0 Å². The Morgan fingerprint density at radius 3 is 2.45 bits per heavy atom. The van der Waals surface area contributed by atoms with Crippen LogP contribution in [0.1, 0.15) is 80.6 Å². The largest absolute Gasteiger partial charge is 0.466 e. The number of carbonyl (C=O) groups excluding carboxylic acids is 2. The van der Waals surface area contributed by atoms with Gasteiger partial charge in [0.1, 0.15) is 12.4 Å². The van der Waals surface area contributed by atoms with Crippen LogP contribution in [0.3, 0.4) is 0 Å². The zero-order valence-corrected chi connectivity index (χ0v) is 22.9. The Hall–Kier alpha value is -1.22. The molecule has 1 spiro atoms. The Kier molecular flexibility index (Phi) is 8.64. The molecule has 0 aromatic heterocycles. The van der Waals surface area contributed by atoms with Gasteiger partial charge in [0.25, 0.3) is 0 Å². The molecule has 190 valence electrons. The summed E-state index contributed by atoms with van der Waals surface area (Å²) < 4.78 is 24.8. The van der Waals surface area contributed by atoms with Crippen molar-refractivity contribution >= 4 is 20.1 Å². The van der Waals surface area contributed by atoms with Crippen LogP contribution < -0.4 is 0 Å². The SMILES string of the molecule is CCC(O)CC1=CC(=O)C[C@@]2(C[C@H](O[Si](C)(C)C(C)(C)C)C[C@H](COC(=O)C(C)(C)C)O2)O1. The topological polar surface area (TPSA) is 91.3 Å². The highest BCUT2D eigenvalue weighted by molar-refractivity contribution is 6.74. The monoisotopic (exact) mass is 484 g/mol. The third kappa shape index (κ3) is 7.63. The van der Waals surface area contributed by atoms with Gasteiger partial charge in [-0.2, -0.15) is 0 Å². The van der Waals surface area contributed by atoms with Gasteiger partial charge in [0.05, 0.1) is 30.1 Å². The zero-order chi connectivity index (χ0) is 25.2. The molecule has 4 atom stereocenters. The summed E-state index contributed by atoms with van der Waals surface area (Å²) in [5.74, 6) is -1.16. The van der Waals surface area contributed by atoms with Gasteiger partial charge in [0.15, 0.2) is 14.1 Å². The van der Waals surface area contributed by atoms with E-state index in [9.17, 15) is 14.7 Å². The number of esters is 1. The second-order valence-electron chi connectivity index (χ2n) is 12.1. The smallest absolute Gasteiger partial charge is 0.311 e. The molecule has 0 amide bonds. The second-order valence-corrected chi connectivity index (χ2v) is 16.8. The summed E-state index contributed by atoms with van der Waals surface area (Å²) in [6.45, 7) is 18.3. The van der Waals surface area contributed by atoms with Crippen molar-refractivity contribution in [3.05, 3.63) is 11.8 Å². The van der Waals surface area contributed by atoms with E-state index in [4.69, 9.17) is 18.6 Å². The lowest BCUT2D eigenvalue weighted by Gasteiger charge is -2.48. The van der Waals surface area contributed by atoms with E-state index in [0.717, 1.165) is 0 Å². The zero-order valence-electron chi connectivity index (χ0n) is 21.9. The molecule has 0 aromatic rings. The van der Waals surface area contributed by atoms with Crippen LogP contribution in [0.25, 0.3) is 0 Å². The van der Waals surface area contributed by atoms with Gasteiger partial charge in [-0.05, 0) is 45.3 Å². The van der Waals surface area contributed by atoms with Crippen molar-refractivity contribution in [2.75, 3.05) is 6.61 Å². The average molecular weight is 485 g/mol. The molecule has 0 saturated carbocycles. The molecule has 1 N–H and O–H groups in total. The molecule has 0 bridgehead atoms. The normalized spacial score (nSPS) is 27.7. The summed E-state index contributed by atoms with van der Waals surface area (Å²) in [4.78, 5) is 25.0. The van der Waals surface area contributed by atoms with Crippen molar-refractivity contribution in [3.63, 3.8) is 0 Å². The van der Waals surface area contributed by atoms with Gasteiger partial charge in [0, 0.05) is 25.3 Å². The van der Waals surface area contributed by atoms with Crippen LogP contribution in [0.5, 0.6) is 0 Å². The lowest BCUT2D eigenvalue weighted by atomic mass is 9.92. The summed E-state index contributed by atoms with van der Waals surface area (Å²) in [5.41, 5.74) is -0.618. The molecule has 2 rings (SSSR count). The molecule has 0 aromatic carbocycles. The first-order chi connectivity index (χ1) is 15.0. The highest BCUT2D eigenvalue weighted by Gasteiger charge is 2.50. The van der Waals surface area contributed by atoms with E-state index in [1.807, 2.05) is 6.92 Å². The molecule has 1 saturated heterocycles. The van der Waals surface area contributed by atoms with Gasteiger partial charge in [-0.25, -0.2) is 0 Å². The van der Waals surface area contributed by atoms with Crippen molar-refractivity contribution in [3.8, 4) is 0 Å². The van der Waals surface area contributed by atoms with Gasteiger partial charge in [0.2, 0.25) is 5.79 Å². The van der Waals surface area contributed by atoms with E-state index in [1.165, 1.54) is 6.08 Å². The maximum Gasteiger partial charge on any atom is 0.311 e. The summed E-state index contributed by atoms with van der Waals surface area (Å²) in [7, 11) is -2.10. The maximum atomic E-state index is 12.6. The molecular weight excluding hydrogens is 440 g/mol. The van der Waals surface area contributed by atoms with Crippen LogP contribution in [-0.2, 0) is 28.2 Å². The lowest BCUT2D eigenvalue weighted by molar-refractivity contribution is -0.287. The molecule has 0 aliphatic carbocycles. The molecule has 1 fully saturated rings. The number of aliphatic hydroxyl groups is 1. The van der Waals surface area contributed by atoms with Crippen molar-refractivity contribution in [1.82, 2.24) is 0 Å². The summed E-state index contributed by atoms with van der Waals surface area (Å²) in [5, 5.41) is 10.1. The Morgan fingerprint density at radius 2 is 1.91 bits per heavy atom.